The van der Waals surface area contributed by atoms with Gasteiger partial charge < -0.3 is 14.2 Å². The third-order valence-corrected chi connectivity index (χ3v) is 3.14. The first-order valence-corrected chi connectivity index (χ1v) is 6.89. The molecule has 0 aliphatic rings. The first-order valence-electron chi connectivity index (χ1n) is 5.76. The minimum Gasteiger partial charge on any atom is -0.497 e. The van der Waals surface area contributed by atoms with Gasteiger partial charge in [-0.05, 0) is 29.8 Å². The number of hydrogen-bond acceptors (Lipinski definition) is 4. The summed E-state index contributed by atoms with van der Waals surface area (Å²) in [5, 5.41) is 0. The van der Waals surface area contributed by atoms with Gasteiger partial charge >= 0.3 is 8.60 Å². The van der Waals surface area contributed by atoms with Crippen LogP contribution in [0.1, 0.15) is 5.56 Å². The van der Waals surface area contributed by atoms with E-state index in [9.17, 15) is 4.89 Å². The lowest BCUT2D eigenvalue weighted by Gasteiger charge is -2.11. The fraction of sp³-hybridized carbons (Fsp3) is 0.143. The molecule has 1 N–H and O–H groups in total. The van der Waals surface area contributed by atoms with Crippen LogP contribution in [-0.4, -0.2) is 12.0 Å². The summed E-state index contributed by atoms with van der Waals surface area (Å²) < 4.78 is 15.6. The van der Waals surface area contributed by atoms with E-state index < -0.39 is 8.60 Å². The van der Waals surface area contributed by atoms with E-state index in [1.807, 2.05) is 30.3 Å². The standard InChI is InChI=1S/C14H15O4P/c1-16-13-7-9-14(10-8-13)18-19(15)17-11-12-5-3-2-4-6-12/h2-10,15H,11H2,1H3. The average molecular weight is 278 g/mol. The van der Waals surface area contributed by atoms with E-state index in [2.05, 4.69) is 0 Å². The lowest BCUT2D eigenvalue weighted by Crippen LogP contribution is -1.93. The van der Waals surface area contributed by atoms with Crippen molar-refractivity contribution in [3.63, 3.8) is 0 Å². The van der Waals surface area contributed by atoms with Crippen LogP contribution in [-0.2, 0) is 11.1 Å². The molecule has 1 unspecified atom stereocenters. The Morgan fingerprint density at radius 2 is 1.58 bits per heavy atom. The molecule has 0 bridgehead atoms. The van der Waals surface area contributed by atoms with E-state index in [1.165, 1.54) is 0 Å². The van der Waals surface area contributed by atoms with Crippen molar-refractivity contribution >= 4 is 8.60 Å². The molecule has 0 radical (unpaired) electrons. The van der Waals surface area contributed by atoms with Gasteiger partial charge in [0.1, 0.15) is 11.5 Å². The van der Waals surface area contributed by atoms with Crippen LogP contribution in [0, 0.1) is 0 Å². The normalized spacial score (nSPS) is 11.9. The molecule has 0 aliphatic carbocycles. The van der Waals surface area contributed by atoms with E-state index >= 15 is 0 Å². The van der Waals surface area contributed by atoms with Gasteiger partial charge in [0.25, 0.3) is 0 Å². The number of rotatable bonds is 6. The van der Waals surface area contributed by atoms with E-state index in [0.29, 0.717) is 12.4 Å². The van der Waals surface area contributed by atoms with Crippen LogP contribution in [0.4, 0.5) is 0 Å². The number of benzene rings is 2. The SMILES string of the molecule is COc1ccc(OP(O)OCc2ccccc2)cc1. The highest BCUT2D eigenvalue weighted by Crippen LogP contribution is 2.36. The molecule has 0 aromatic heterocycles. The van der Waals surface area contributed by atoms with Crippen molar-refractivity contribution in [2.45, 2.75) is 6.61 Å². The fourth-order valence-corrected chi connectivity index (χ4v) is 2.07. The first-order chi connectivity index (χ1) is 9.28. The topological polar surface area (TPSA) is 47.9 Å². The van der Waals surface area contributed by atoms with Crippen LogP contribution in [0.2, 0.25) is 0 Å². The highest BCUT2D eigenvalue weighted by molar-refractivity contribution is 7.41. The minimum atomic E-state index is -1.94. The Morgan fingerprint density at radius 1 is 0.947 bits per heavy atom. The highest BCUT2D eigenvalue weighted by atomic mass is 31.2. The smallest absolute Gasteiger partial charge is 0.394 e. The van der Waals surface area contributed by atoms with Gasteiger partial charge in [-0.25, -0.2) is 0 Å². The van der Waals surface area contributed by atoms with Gasteiger partial charge in [0.2, 0.25) is 0 Å². The molecule has 2 aromatic rings. The molecule has 0 amide bonds. The van der Waals surface area contributed by atoms with Crippen LogP contribution in [0.15, 0.2) is 54.6 Å². The van der Waals surface area contributed by atoms with Crippen molar-refractivity contribution in [1.29, 1.82) is 0 Å². The largest absolute Gasteiger partial charge is 0.497 e. The van der Waals surface area contributed by atoms with Crippen molar-refractivity contribution in [1.82, 2.24) is 0 Å². The molecule has 0 saturated heterocycles. The first kappa shape index (κ1) is 13.8. The third-order valence-electron chi connectivity index (χ3n) is 2.43. The second-order valence-corrected chi connectivity index (χ2v) is 4.68. The molecule has 19 heavy (non-hydrogen) atoms. The van der Waals surface area contributed by atoms with Crippen LogP contribution >= 0.6 is 8.60 Å². The van der Waals surface area contributed by atoms with Gasteiger partial charge in [0, 0.05) is 0 Å². The summed E-state index contributed by atoms with van der Waals surface area (Å²) in [6, 6.07) is 16.6. The summed E-state index contributed by atoms with van der Waals surface area (Å²) in [6.07, 6.45) is 0. The predicted molar refractivity (Wildman–Crippen MR) is 74.0 cm³/mol. The second-order valence-electron chi connectivity index (χ2n) is 3.76. The fourth-order valence-electron chi connectivity index (χ4n) is 1.46. The van der Waals surface area contributed by atoms with E-state index in [4.69, 9.17) is 13.8 Å². The lowest BCUT2D eigenvalue weighted by molar-refractivity contribution is 0.251. The molecule has 4 nitrogen and oxygen atoms in total. The summed E-state index contributed by atoms with van der Waals surface area (Å²) in [5.74, 6) is 1.28. The predicted octanol–water partition coefficient (Wildman–Crippen LogP) is 3.51. The van der Waals surface area contributed by atoms with Crippen molar-refractivity contribution in [2.24, 2.45) is 0 Å². The second kappa shape index (κ2) is 7.10. The van der Waals surface area contributed by atoms with Crippen LogP contribution in [0.3, 0.4) is 0 Å². The molecule has 2 rings (SSSR count). The quantitative estimate of drug-likeness (QED) is 0.821. The zero-order chi connectivity index (χ0) is 13.5. The summed E-state index contributed by atoms with van der Waals surface area (Å²) >= 11 is 0. The van der Waals surface area contributed by atoms with Gasteiger partial charge in [0.05, 0.1) is 13.7 Å². The maximum Gasteiger partial charge on any atom is 0.394 e. The molecule has 1 atom stereocenters. The van der Waals surface area contributed by atoms with Crippen LogP contribution in [0.5, 0.6) is 11.5 Å². The summed E-state index contributed by atoms with van der Waals surface area (Å²) in [7, 11) is -0.340. The number of methoxy groups -OCH3 is 1. The van der Waals surface area contributed by atoms with Crippen LogP contribution in [0.25, 0.3) is 0 Å². The Bertz CT molecular complexity index is 487. The van der Waals surface area contributed by atoms with Gasteiger partial charge in [-0.3, -0.25) is 4.52 Å². The Morgan fingerprint density at radius 3 is 2.21 bits per heavy atom. The maximum atomic E-state index is 9.68. The highest BCUT2D eigenvalue weighted by Gasteiger charge is 2.09. The maximum absolute atomic E-state index is 9.68. The summed E-state index contributed by atoms with van der Waals surface area (Å²) in [4.78, 5) is 9.68. The van der Waals surface area contributed by atoms with Crippen molar-refractivity contribution < 1.29 is 18.7 Å². The van der Waals surface area contributed by atoms with E-state index in [0.717, 1.165) is 11.3 Å². The molecule has 100 valence electrons. The lowest BCUT2D eigenvalue weighted by atomic mass is 10.2. The van der Waals surface area contributed by atoms with Crippen LogP contribution < -0.4 is 9.26 Å². The molecule has 2 aromatic carbocycles. The monoisotopic (exact) mass is 278 g/mol. The zero-order valence-electron chi connectivity index (χ0n) is 10.5. The van der Waals surface area contributed by atoms with Gasteiger partial charge in [0.15, 0.2) is 0 Å². The Labute approximate surface area is 113 Å². The average Bonchev–Trinajstić information content (AvgIpc) is 2.47. The molecule has 0 aliphatic heterocycles. The van der Waals surface area contributed by atoms with Gasteiger partial charge in [-0.2, -0.15) is 0 Å². The minimum absolute atomic E-state index is 0.319. The Kier molecular flexibility index (Phi) is 5.16. The molecule has 0 spiro atoms. The zero-order valence-corrected chi connectivity index (χ0v) is 11.4. The summed E-state index contributed by atoms with van der Waals surface area (Å²) in [6.45, 7) is 0.319. The number of ether oxygens (including phenoxy) is 1. The van der Waals surface area contributed by atoms with Crippen molar-refractivity contribution in [3.05, 3.63) is 60.2 Å². The Balaban J connectivity index is 1.82. The van der Waals surface area contributed by atoms with Crippen molar-refractivity contribution in [2.75, 3.05) is 7.11 Å². The molecule has 0 fully saturated rings. The Hall–Kier alpha value is -1.61. The van der Waals surface area contributed by atoms with Gasteiger partial charge in [-0.15, -0.1) is 0 Å². The molecular weight excluding hydrogens is 263 g/mol. The number of hydrogen-bond donors (Lipinski definition) is 1. The van der Waals surface area contributed by atoms with E-state index in [1.54, 1.807) is 31.4 Å². The molecule has 0 saturated carbocycles. The third kappa shape index (κ3) is 4.52. The van der Waals surface area contributed by atoms with Gasteiger partial charge in [-0.1, -0.05) is 30.3 Å². The molecular formula is C14H15O4P. The molecule has 5 heteroatoms. The van der Waals surface area contributed by atoms with Crippen molar-refractivity contribution in [3.8, 4) is 11.5 Å². The molecule has 0 heterocycles. The summed E-state index contributed by atoms with van der Waals surface area (Å²) in [5.41, 5.74) is 0.988. The van der Waals surface area contributed by atoms with E-state index in [-0.39, 0.29) is 0 Å².